The lowest BCUT2D eigenvalue weighted by molar-refractivity contribution is 0.530. The summed E-state index contributed by atoms with van der Waals surface area (Å²) in [7, 11) is 0. The third-order valence-corrected chi connectivity index (χ3v) is 3.30. The van der Waals surface area contributed by atoms with E-state index in [1.54, 1.807) is 6.26 Å². The van der Waals surface area contributed by atoms with Crippen LogP contribution in [0.15, 0.2) is 22.8 Å². The number of thioether (sulfide) groups is 1. The van der Waals surface area contributed by atoms with Gasteiger partial charge in [-0.1, -0.05) is 22.6 Å². The fraction of sp³-hybridized carbons (Fsp3) is 0.429. The summed E-state index contributed by atoms with van der Waals surface area (Å²) < 4.78 is 6.37. The minimum Gasteiger partial charge on any atom is -0.468 e. The highest BCUT2D eigenvalue weighted by Crippen LogP contribution is 2.12. The molecule has 0 atom stereocenters. The maximum absolute atomic E-state index is 5.16. The first-order valence-electron chi connectivity index (χ1n) is 3.09. The van der Waals surface area contributed by atoms with E-state index in [0.29, 0.717) is 0 Å². The number of hydrogen-bond donors (Lipinski definition) is 0. The Balaban J connectivity index is 2.15. The third kappa shape index (κ3) is 2.96. The van der Waals surface area contributed by atoms with Crippen molar-refractivity contribution in [1.82, 2.24) is 0 Å². The van der Waals surface area contributed by atoms with E-state index in [2.05, 4.69) is 22.6 Å². The Hall–Kier alpha value is 0.360. The Morgan fingerprint density at radius 2 is 2.50 bits per heavy atom. The van der Waals surface area contributed by atoms with Crippen molar-refractivity contribution >= 4 is 34.4 Å². The highest BCUT2D eigenvalue weighted by atomic mass is 127. The first-order chi connectivity index (χ1) is 4.93. The molecule has 1 nitrogen and oxygen atoms in total. The molecule has 1 heterocycles. The zero-order valence-electron chi connectivity index (χ0n) is 5.55. The molecule has 56 valence electrons. The molecule has 0 unspecified atom stereocenters. The molecule has 0 radical (unpaired) electrons. The van der Waals surface area contributed by atoms with Crippen molar-refractivity contribution in [3.05, 3.63) is 24.2 Å². The van der Waals surface area contributed by atoms with E-state index in [-0.39, 0.29) is 0 Å². The molecule has 1 rings (SSSR count). The molecular weight excluding hydrogens is 259 g/mol. The second kappa shape index (κ2) is 5.07. The topological polar surface area (TPSA) is 13.1 Å². The smallest absolute Gasteiger partial charge is 0.113 e. The van der Waals surface area contributed by atoms with Gasteiger partial charge in [0.2, 0.25) is 0 Å². The highest BCUT2D eigenvalue weighted by Gasteiger charge is 1.93. The van der Waals surface area contributed by atoms with Crippen LogP contribution in [-0.2, 0) is 5.75 Å². The normalized spacial score (nSPS) is 10.1. The lowest BCUT2D eigenvalue weighted by atomic mass is 10.5. The van der Waals surface area contributed by atoms with Crippen molar-refractivity contribution in [2.24, 2.45) is 0 Å². The van der Waals surface area contributed by atoms with Crippen LogP contribution >= 0.6 is 34.4 Å². The summed E-state index contributed by atoms with van der Waals surface area (Å²) in [4.78, 5) is 0. The predicted molar refractivity (Wildman–Crippen MR) is 53.8 cm³/mol. The van der Waals surface area contributed by atoms with E-state index in [9.17, 15) is 0 Å². The molecule has 0 aliphatic heterocycles. The second-order valence-electron chi connectivity index (χ2n) is 1.82. The summed E-state index contributed by atoms with van der Waals surface area (Å²) in [5, 5.41) is 0. The molecule has 0 bridgehead atoms. The Labute approximate surface area is 78.7 Å². The standard InChI is InChI=1S/C7H9IOS/c8-3-5-10-6-7-2-1-4-9-7/h1-2,4H,3,5-6H2. The largest absolute Gasteiger partial charge is 0.468 e. The zero-order valence-corrected chi connectivity index (χ0v) is 8.52. The summed E-state index contributed by atoms with van der Waals surface area (Å²) in [5.74, 6) is 3.30. The van der Waals surface area contributed by atoms with Gasteiger partial charge in [0.05, 0.1) is 12.0 Å². The van der Waals surface area contributed by atoms with Crippen LogP contribution in [0.5, 0.6) is 0 Å². The predicted octanol–water partition coefficient (Wildman–Crippen LogP) is 2.95. The van der Waals surface area contributed by atoms with Gasteiger partial charge in [-0.25, -0.2) is 0 Å². The molecule has 0 aromatic carbocycles. The van der Waals surface area contributed by atoms with Crippen LogP contribution in [0.3, 0.4) is 0 Å². The van der Waals surface area contributed by atoms with Gasteiger partial charge in [-0.3, -0.25) is 0 Å². The van der Waals surface area contributed by atoms with Crippen LogP contribution < -0.4 is 0 Å². The molecule has 0 saturated heterocycles. The number of hydrogen-bond acceptors (Lipinski definition) is 2. The number of furan rings is 1. The Bertz CT molecular complexity index is 162. The molecule has 0 N–H and O–H groups in total. The number of halogens is 1. The average Bonchev–Trinajstić information content (AvgIpc) is 2.41. The van der Waals surface area contributed by atoms with Gasteiger partial charge in [-0.2, -0.15) is 11.8 Å². The van der Waals surface area contributed by atoms with E-state index in [1.807, 2.05) is 23.9 Å². The van der Waals surface area contributed by atoms with Gasteiger partial charge in [-0.15, -0.1) is 0 Å². The monoisotopic (exact) mass is 268 g/mol. The average molecular weight is 268 g/mol. The van der Waals surface area contributed by atoms with Crippen molar-refractivity contribution in [1.29, 1.82) is 0 Å². The lowest BCUT2D eigenvalue weighted by Crippen LogP contribution is -1.79. The van der Waals surface area contributed by atoms with Crippen LogP contribution in [0, 0.1) is 0 Å². The second-order valence-corrected chi connectivity index (χ2v) is 4.00. The molecule has 0 fully saturated rings. The zero-order chi connectivity index (χ0) is 7.23. The van der Waals surface area contributed by atoms with Crippen molar-refractivity contribution in [2.75, 3.05) is 10.2 Å². The molecule has 10 heavy (non-hydrogen) atoms. The maximum atomic E-state index is 5.16. The highest BCUT2D eigenvalue weighted by molar-refractivity contribution is 14.1. The molecule has 0 amide bonds. The quantitative estimate of drug-likeness (QED) is 0.473. The van der Waals surface area contributed by atoms with Gasteiger partial charge in [0.25, 0.3) is 0 Å². The number of rotatable bonds is 4. The van der Waals surface area contributed by atoms with Gasteiger partial charge in [0.15, 0.2) is 0 Å². The van der Waals surface area contributed by atoms with Crippen LogP contribution in [0.2, 0.25) is 0 Å². The molecule has 1 aromatic heterocycles. The van der Waals surface area contributed by atoms with Gasteiger partial charge in [-0.05, 0) is 12.1 Å². The number of alkyl halides is 1. The minimum absolute atomic E-state index is 1.01. The van der Waals surface area contributed by atoms with Gasteiger partial charge >= 0.3 is 0 Å². The molecule has 3 heteroatoms. The lowest BCUT2D eigenvalue weighted by Gasteiger charge is -1.92. The Morgan fingerprint density at radius 1 is 1.60 bits per heavy atom. The van der Waals surface area contributed by atoms with Gasteiger partial charge in [0.1, 0.15) is 5.76 Å². The fourth-order valence-corrected chi connectivity index (χ4v) is 2.18. The Kier molecular flexibility index (Phi) is 4.29. The van der Waals surface area contributed by atoms with Crippen molar-refractivity contribution in [3.8, 4) is 0 Å². The SMILES string of the molecule is ICCSCc1ccco1. The first kappa shape index (κ1) is 8.46. The summed E-state index contributed by atoms with van der Waals surface area (Å²) >= 11 is 4.29. The molecule has 0 aliphatic carbocycles. The molecule has 0 aliphatic rings. The van der Waals surface area contributed by atoms with Crippen LogP contribution in [0.4, 0.5) is 0 Å². The van der Waals surface area contributed by atoms with Crippen LogP contribution in [0.1, 0.15) is 5.76 Å². The first-order valence-corrected chi connectivity index (χ1v) is 5.77. The summed E-state index contributed by atoms with van der Waals surface area (Å²) in [6.45, 7) is 0. The van der Waals surface area contributed by atoms with Gasteiger partial charge in [0, 0.05) is 10.2 Å². The maximum Gasteiger partial charge on any atom is 0.113 e. The molecule has 0 spiro atoms. The van der Waals surface area contributed by atoms with Crippen molar-refractivity contribution in [3.63, 3.8) is 0 Å². The van der Waals surface area contributed by atoms with E-state index < -0.39 is 0 Å². The van der Waals surface area contributed by atoms with E-state index in [1.165, 1.54) is 10.2 Å². The summed E-state index contributed by atoms with van der Waals surface area (Å²) in [5.41, 5.74) is 0. The van der Waals surface area contributed by atoms with Crippen LogP contribution in [-0.4, -0.2) is 10.2 Å². The van der Waals surface area contributed by atoms with Gasteiger partial charge < -0.3 is 4.42 Å². The summed E-state index contributed by atoms with van der Waals surface area (Å²) in [6, 6.07) is 3.94. The van der Waals surface area contributed by atoms with Crippen molar-refractivity contribution < 1.29 is 4.42 Å². The molecule has 1 aromatic rings. The van der Waals surface area contributed by atoms with Crippen molar-refractivity contribution in [2.45, 2.75) is 5.75 Å². The Morgan fingerprint density at radius 3 is 3.10 bits per heavy atom. The van der Waals surface area contributed by atoms with E-state index in [0.717, 1.165) is 11.5 Å². The van der Waals surface area contributed by atoms with E-state index >= 15 is 0 Å². The van der Waals surface area contributed by atoms with E-state index in [4.69, 9.17) is 4.42 Å². The molecular formula is C7H9IOS. The fourth-order valence-electron chi connectivity index (χ4n) is 0.622. The van der Waals surface area contributed by atoms with Crippen LogP contribution in [0.25, 0.3) is 0 Å². The summed E-state index contributed by atoms with van der Waals surface area (Å²) in [6.07, 6.45) is 1.72. The minimum atomic E-state index is 1.01. The third-order valence-electron chi connectivity index (χ3n) is 1.05. The molecule has 0 saturated carbocycles.